The van der Waals surface area contributed by atoms with E-state index in [2.05, 4.69) is 11.3 Å². The number of carbonyl (C=O) groups is 2. The molecule has 0 amide bonds. The molecule has 0 aromatic carbocycles. The first-order chi connectivity index (χ1) is 7.10. The van der Waals surface area contributed by atoms with Crippen LogP contribution < -0.4 is 0 Å². The van der Waals surface area contributed by atoms with Crippen molar-refractivity contribution < 1.29 is 23.8 Å². The summed E-state index contributed by atoms with van der Waals surface area (Å²) in [6.45, 7) is 4.03. The predicted molar refractivity (Wildman–Crippen MR) is 48.7 cm³/mol. The Balaban J connectivity index is 2.20. The first-order valence-electron chi connectivity index (χ1n) is 4.71. The predicted octanol–water partition coefficient (Wildman–Crippen LogP) is 0.395. The number of hydrogen-bond acceptors (Lipinski definition) is 5. The summed E-state index contributed by atoms with van der Waals surface area (Å²) < 4.78 is 14.7. The molecule has 5 nitrogen and oxygen atoms in total. The number of carbonyl (C=O) groups excluding carboxylic acids is 2. The van der Waals surface area contributed by atoms with Crippen molar-refractivity contribution in [1.82, 2.24) is 0 Å². The van der Waals surface area contributed by atoms with Gasteiger partial charge in [-0.2, -0.15) is 0 Å². The van der Waals surface area contributed by atoms with Gasteiger partial charge < -0.3 is 14.2 Å². The van der Waals surface area contributed by atoms with E-state index in [1.165, 1.54) is 7.11 Å². The minimum Gasteiger partial charge on any atom is -0.482 e. The fourth-order valence-electron chi connectivity index (χ4n) is 2.02. The van der Waals surface area contributed by atoms with E-state index in [9.17, 15) is 9.59 Å². The van der Waals surface area contributed by atoms with Gasteiger partial charge in [-0.15, -0.1) is 0 Å². The van der Waals surface area contributed by atoms with Crippen molar-refractivity contribution in [3.8, 4) is 0 Å². The van der Waals surface area contributed by atoms with Gasteiger partial charge in [-0.05, 0) is 0 Å². The Hall–Kier alpha value is -1.52. The molecule has 2 rings (SSSR count). The minimum atomic E-state index is -0.821. The Labute approximate surface area is 87.0 Å². The first-order valence-corrected chi connectivity index (χ1v) is 4.71. The van der Waals surface area contributed by atoms with E-state index in [0.717, 1.165) is 0 Å². The van der Waals surface area contributed by atoms with Crippen LogP contribution in [0.3, 0.4) is 0 Å². The summed E-state index contributed by atoms with van der Waals surface area (Å²) in [5.74, 6) is -0.507. The van der Waals surface area contributed by atoms with Crippen molar-refractivity contribution in [2.24, 2.45) is 5.41 Å². The van der Waals surface area contributed by atoms with Gasteiger partial charge in [0, 0.05) is 12.8 Å². The highest BCUT2D eigenvalue weighted by atomic mass is 16.6. The van der Waals surface area contributed by atoms with E-state index in [1.54, 1.807) is 0 Å². The van der Waals surface area contributed by atoms with Crippen LogP contribution in [-0.2, 0) is 23.8 Å². The number of methoxy groups -OCH3 is 1. The molecule has 1 spiro atoms. The quantitative estimate of drug-likeness (QED) is 0.588. The lowest BCUT2D eigenvalue weighted by Crippen LogP contribution is -2.27. The molecule has 0 bridgehead atoms. The molecule has 2 atom stereocenters. The van der Waals surface area contributed by atoms with Gasteiger partial charge >= 0.3 is 11.9 Å². The summed E-state index contributed by atoms with van der Waals surface area (Å²) in [5, 5.41) is 0. The maximum absolute atomic E-state index is 11.6. The molecule has 2 aliphatic rings. The fraction of sp³-hybridized carbons (Fsp3) is 0.600. The van der Waals surface area contributed by atoms with E-state index >= 15 is 0 Å². The van der Waals surface area contributed by atoms with Gasteiger partial charge in [0.15, 0.2) is 6.10 Å². The number of hydrogen-bond donors (Lipinski definition) is 0. The molecule has 82 valence electrons. The molecule has 0 saturated carbocycles. The molecule has 0 N–H and O–H groups in total. The topological polar surface area (TPSA) is 61.8 Å². The van der Waals surface area contributed by atoms with E-state index in [1.807, 2.05) is 0 Å². The van der Waals surface area contributed by atoms with Crippen LogP contribution in [0, 0.1) is 5.41 Å². The largest absolute Gasteiger partial charge is 0.482 e. The lowest BCUT2D eigenvalue weighted by molar-refractivity contribution is -0.149. The molecule has 0 radical (unpaired) electrons. The lowest BCUT2D eigenvalue weighted by Gasteiger charge is -2.14. The fourth-order valence-corrected chi connectivity index (χ4v) is 2.02. The lowest BCUT2D eigenvalue weighted by atomic mass is 9.82. The van der Waals surface area contributed by atoms with Gasteiger partial charge in [-0.3, -0.25) is 4.79 Å². The molecule has 2 heterocycles. The number of cyclic esters (lactones) is 1. The van der Waals surface area contributed by atoms with Gasteiger partial charge in [0.2, 0.25) is 0 Å². The second-order valence-electron chi connectivity index (χ2n) is 3.72. The molecule has 2 aliphatic heterocycles. The molecule has 0 aromatic rings. The minimum absolute atomic E-state index is 0.275. The maximum atomic E-state index is 11.6. The molecule has 15 heavy (non-hydrogen) atoms. The van der Waals surface area contributed by atoms with Crippen molar-refractivity contribution >= 4 is 11.9 Å². The third-order valence-corrected chi connectivity index (χ3v) is 2.97. The zero-order valence-electron chi connectivity index (χ0n) is 8.45. The van der Waals surface area contributed by atoms with Crippen molar-refractivity contribution in [1.29, 1.82) is 0 Å². The molecular weight excluding hydrogens is 200 g/mol. The molecule has 2 fully saturated rings. The smallest absolute Gasteiger partial charge is 0.347 e. The summed E-state index contributed by atoms with van der Waals surface area (Å²) >= 11 is 0. The molecule has 2 saturated heterocycles. The average molecular weight is 212 g/mol. The van der Waals surface area contributed by atoms with Crippen LogP contribution in [0.4, 0.5) is 0 Å². The normalized spacial score (nSPS) is 34.1. The number of esters is 2. The third-order valence-electron chi connectivity index (χ3n) is 2.97. The van der Waals surface area contributed by atoms with Crippen molar-refractivity contribution in [2.45, 2.75) is 18.9 Å². The Bertz CT molecular complexity index is 335. The highest BCUT2D eigenvalue weighted by molar-refractivity contribution is 5.85. The van der Waals surface area contributed by atoms with Gasteiger partial charge in [-0.25, -0.2) is 4.79 Å². The maximum Gasteiger partial charge on any atom is 0.347 e. The van der Waals surface area contributed by atoms with Crippen LogP contribution in [-0.4, -0.2) is 31.8 Å². The monoisotopic (exact) mass is 212 g/mol. The second kappa shape index (κ2) is 3.25. The Morgan fingerprint density at radius 3 is 2.93 bits per heavy atom. The van der Waals surface area contributed by atoms with Gasteiger partial charge in [0.1, 0.15) is 11.2 Å². The second-order valence-corrected chi connectivity index (χ2v) is 3.72. The van der Waals surface area contributed by atoms with Gasteiger partial charge in [0.25, 0.3) is 0 Å². The van der Waals surface area contributed by atoms with Crippen LogP contribution in [0.25, 0.3) is 0 Å². The Morgan fingerprint density at radius 1 is 1.67 bits per heavy atom. The molecule has 5 heteroatoms. The summed E-state index contributed by atoms with van der Waals surface area (Å²) in [4.78, 5) is 22.8. The average Bonchev–Trinajstić information content (AvgIpc) is 2.74. The van der Waals surface area contributed by atoms with Gasteiger partial charge in [-0.1, -0.05) is 6.58 Å². The zero-order valence-corrected chi connectivity index (χ0v) is 8.45. The molecular formula is C10H12O5. The number of rotatable bonds is 1. The Morgan fingerprint density at radius 2 is 2.40 bits per heavy atom. The Kier molecular flexibility index (Phi) is 2.17. The standard InChI is InChI=1S/C10H12O5/c1-6-10(3-4-14-9(10)12)5-7(15-6)8(11)13-2/h7H,1,3-5H2,2H3/t7-,10+/m1/s1. The number of ether oxygens (including phenoxy) is 3. The molecule has 0 unspecified atom stereocenters. The zero-order chi connectivity index (χ0) is 11.1. The molecule has 0 aromatic heterocycles. The van der Waals surface area contributed by atoms with Crippen molar-refractivity contribution in [3.05, 3.63) is 12.3 Å². The highest BCUT2D eigenvalue weighted by Gasteiger charge is 2.56. The first kappa shape index (κ1) is 10.0. The van der Waals surface area contributed by atoms with Crippen molar-refractivity contribution in [3.63, 3.8) is 0 Å². The van der Waals surface area contributed by atoms with E-state index in [-0.39, 0.29) is 12.4 Å². The third kappa shape index (κ3) is 1.30. The van der Waals surface area contributed by atoms with Gasteiger partial charge in [0.05, 0.1) is 13.7 Å². The summed E-state index contributed by atoms with van der Waals surface area (Å²) in [5.41, 5.74) is -0.821. The van der Waals surface area contributed by atoms with Crippen LogP contribution in [0.5, 0.6) is 0 Å². The van der Waals surface area contributed by atoms with E-state index < -0.39 is 17.5 Å². The van der Waals surface area contributed by atoms with Crippen LogP contribution in [0.2, 0.25) is 0 Å². The van der Waals surface area contributed by atoms with E-state index in [4.69, 9.17) is 9.47 Å². The van der Waals surface area contributed by atoms with Crippen LogP contribution >= 0.6 is 0 Å². The van der Waals surface area contributed by atoms with Crippen LogP contribution in [0.1, 0.15) is 12.8 Å². The summed E-state index contributed by atoms with van der Waals surface area (Å²) in [6, 6.07) is 0. The summed E-state index contributed by atoms with van der Waals surface area (Å²) in [6.07, 6.45) is 0.0725. The van der Waals surface area contributed by atoms with Crippen molar-refractivity contribution in [2.75, 3.05) is 13.7 Å². The summed E-state index contributed by atoms with van der Waals surface area (Å²) in [7, 11) is 1.28. The van der Waals surface area contributed by atoms with Crippen LogP contribution in [0.15, 0.2) is 12.3 Å². The highest BCUT2D eigenvalue weighted by Crippen LogP contribution is 2.47. The SMILES string of the molecule is C=C1O[C@@H](C(=O)OC)C[C@@]12CCOC2=O. The molecule has 0 aliphatic carbocycles. The van der Waals surface area contributed by atoms with E-state index in [0.29, 0.717) is 18.8 Å².